The standard InChI is InChI=1S/C12H16FN3O3/c1-2-3-6-16(7-9(14)17)11-10(13)8(12(18)19)4-5-15-11/h4-5H,2-3,6-7H2,1H3,(H2,14,17)(H,18,19). The summed E-state index contributed by atoms with van der Waals surface area (Å²) in [4.78, 5) is 27.0. The zero-order chi connectivity index (χ0) is 14.4. The Bertz CT molecular complexity index is 479. The summed E-state index contributed by atoms with van der Waals surface area (Å²) in [5.74, 6) is -3.12. The quantitative estimate of drug-likeness (QED) is 0.770. The van der Waals surface area contributed by atoms with Crippen molar-refractivity contribution in [1.29, 1.82) is 0 Å². The van der Waals surface area contributed by atoms with E-state index in [1.165, 1.54) is 11.1 Å². The van der Waals surface area contributed by atoms with Crippen LogP contribution in [-0.4, -0.2) is 35.1 Å². The number of carbonyl (C=O) groups excluding carboxylic acids is 1. The molecule has 0 saturated heterocycles. The Labute approximate surface area is 110 Å². The van der Waals surface area contributed by atoms with Gasteiger partial charge in [-0.1, -0.05) is 13.3 Å². The molecule has 104 valence electrons. The molecule has 1 amide bonds. The number of pyridine rings is 1. The second-order valence-corrected chi connectivity index (χ2v) is 4.04. The second-order valence-electron chi connectivity index (χ2n) is 4.04. The van der Waals surface area contributed by atoms with Gasteiger partial charge < -0.3 is 15.7 Å². The van der Waals surface area contributed by atoms with Crippen molar-refractivity contribution in [2.24, 2.45) is 5.73 Å². The SMILES string of the molecule is CCCCN(CC(N)=O)c1nccc(C(=O)O)c1F. The molecule has 0 aromatic carbocycles. The van der Waals surface area contributed by atoms with E-state index in [1.54, 1.807) is 0 Å². The van der Waals surface area contributed by atoms with Crippen LogP contribution in [0, 0.1) is 5.82 Å². The van der Waals surface area contributed by atoms with Gasteiger partial charge in [0, 0.05) is 12.7 Å². The molecule has 1 rings (SSSR count). The van der Waals surface area contributed by atoms with Gasteiger partial charge in [-0.05, 0) is 12.5 Å². The van der Waals surface area contributed by atoms with Crippen molar-refractivity contribution in [3.63, 3.8) is 0 Å². The maximum Gasteiger partial charge on any atom is 0.338 e. The number of carboxylic acid groups (broad SMARTS) is 1. The van der Waals surface area contributed by atoms with E-state index >= 15 is 0 Å². The first kappa shape index (κ1) is 14.9. The minimum atomic E-state index is -1.38. The van der Waals surface area contributed by atoms with Gasteiger partial charge in [0.1, 0.15) is 5.56 Å². The summed E-state index contributed by atoms with van der Waals surface area (Å²) >= 11 is 0. The molecular formula is C12H16FN3O3. The van der Waals surface area contributed by atoms with Gasteiger partial charge in [-0.15, -0.1) is 0 Å². The molecule has 6 nitrogen and oxygen atoms in total. The number of aromatic nitrogens is 1. The fourth-order valence-corrected chi connectivity index (χ4v) is 1.62. The van der Waals surface area contributed by atoms with Crippen molar-refractivity contribution in [3.8, 4) is 0 Å². The molecule has 0 aliphatic heterocycles. The van der Waals surface area contributed by atoms with Crippen LogP contribution in [0.2, 0.25) is 0 Å². The Morgan fingerprint density at radius 1 is 1.53 bits per heavy atom. The van der Waals surface area contributed by atoms with E-state index < -0.39 is 23.3 Å². The number of hydrogen-bond acceptors (Lipinski definition) is 4. The summed E-state index contributed by atoms with van der Waals surface area (Å²) in [6, 6.07) is 1.07. The number of primary amides is 1. The van der Waals surface area contributed by atoms with Crippen molar-refractivity contribution in [2.45, 2.75) is 19.8 Å². The average Bonchev–Trinajstić information content (AvgIpc) is 2.34. The predicted molar refractivity (Wildman–Crippen MR) is 67.5 cm³/mol. The first-order valence-corrected chi connectivity index (χ1v) is 5.88. The summed E-state index contributed by atoms with van der Waals surface area (Å²) in [6.45, 7) is 2.12. The fourth-order valence-electron chi connectivity index (χ4n) is 1.62. The molecule has 0 saturated carbocycles. The number of nitrogens with zero attached hydrogens (tertiary/aromatic N) is 2. The highest BCUT2D eigenvalue weighted by Gasteiger charge is 2.20. The molecule has 0 unspecified atom stereocenters. The predicted octanol–water partition coefficient (Wildman–Crippen LogP) is 1.01. The van der Waals surface area contributed by atoms with Gasteiger partial charge in [0.05, 0.1) is 6.54 Å². The molecule has 0 spiro atoms. The molecule has 1 aromatic rings. The van der Waals surface area contributed by atoms with Crippen LogP contribution in [0.1, 0.15) is 30.1 Å². The number of carbonyl (C=O) groups is 2. The molecule has 1 heterocycles. The number of hydrogen-bond donors (Lipinski definition) is 2. The first-order valence-electron chi connectivity index (χ1n) is 5.88. The maximum atomic E-state index is 14.0. The minimum Gasteiger partial charge on any atom is -0.478 e. The molecule has 1 aromatic heterocycles. The van der Waals surface area contributed by atoms with Crippen molar-refractivity contribution in [1.82, 2.24) is 4.98 Å². The van der Waals surface area contributed by atoms with Crippen LogP contribution >= 0.6 is 0 Å². The van der Waals surface area contributed by atoms with Gasteiger partial charge in [-0.2, -0.15) is 0 Å². The lowest BCUT2D eigenvalue weighted by Gasteiger charge is -2.22. The van der Waals surface area contributed by atoms with Crippen LogP contribution in [-0.2, 0) is 4.79 Å². The fraction of sp³-hybridized carbons (Fsp3) is 0.417. The highest BCUT2D eigenvalue weighted by Crippen LogP contribution is 2.19. The number of aromatic carboxylic acids is 1. The number of amides is 1. The van der Waals surface area contributed by atoms with E-state index in [9.17, 15) is 14.0 Å². The third kappa shape index (κ3) is 3.90. The molecule has 0 aliphatic carbocycles. The molecule has 0 aliphatic rings. The van der Waals surface area contributed by atoms with Gasteiger partial charge in [0.25, 0.3) is 0 Å². The molecule has 0 fully saturated rings. The van der Waals surface area contributed by atoms with E-state index in [0.717, 1.165) is 12.5 Å². The Kier molecular flexibility index (Phi) is 5.23. The van der Waals surface area contributed by atoms with Gasteiger partial charge in [0.15, 0.2) is 11.6 Å². The topological polar surface area (TPSA) is 96.5 Å². The van der Waals surface area contributed by atoms with Crippen LogP contribution in [0.3, 0.4) is 0 Å². The molecule has 7 heteroatoms. The van der Waals surface area contributed by atoms with Crippen molar-refractivity contribution in [2.75, 3.05) is 18.0 Å². The van der Waals surface area contributed by atoms with E-state index in [0.29, 0.717) is 13.0 Å². The molecule has 0 bridgehead atoms. The third-order valence-corrected chi connectivity index (χ3v) is 2.53. The first-order chi connectivity index (χ1) is 8.97. The van der Waals surface area contributed by atoms with E-state index in [1.807, 2.05) is 6.92 Å². The lowest BCUT2D eigenvalue weighted by molar-refractivity contribution is -0.116. The average molecular weight is 269 g/mol. The highest BCUT2D eigenvalue weighted by molar-refractivity contribution is 5.89. The highest BCUT2D eigenvalue weighted by atomic mass is 19.1. The smallest absolute Gasteiger partial charge is 0.338 e. The van der Waals surface area contributed by atoms with Gasteiger partial charge in [-0.25, -0.2) is 14.2 Å². The van der Waals surface area contributed by atoms with Crippen molar-refractivity contribution >= 4 is 17.7 Å². The van der Waals surface area contributed by atoms with Crippen molar-refractivity contribution in [3.05, 3.63) is 23.6 Å². The lowest BCUT2D eigenvalue weighted by Crippen LogP contribution is -2.36. The Balaban J connectivity index is 3.10. The van der Waals surface area contributed by atoms with Gasteiger partial charge >= 0.3 is 5.97 Å². The summed E-state index contributed by atoms with van der Waals surface area (Å²) in [7, 11) is 0. The largest absolute Gasteiger partial charge is 0.478 e. The Morgan fingerprint density at radius 2 is 2.21 bits per heavy atom. The van der Waals surface area contributed by atoms with E-state index in [2.05, 4.69) is 4.98 Å². The Hall–Kier alpha value is -2.18. The number of rotatable bonds is 7. The molecule has 0 atom stereocenters. The third-order valence-electron chi connectivity index (χ3n) is 2.53. The number of carboxylic acids is 1. The molecule has 3 N–H and O–H groups in total. The monoisotopic (exact) mass is 269 g/mol. The lowest BCUT2D eigenvalue weighted by atomic mass is 10.2. The zero-order valence-electron chi connectivity index (χ0n) is 10.6. The van der Waals surface area contributed by atoms with Gasteiger partial charge in [0.2, 0.25) is 5.91 Å². The van der Waals surface area contributed by atoms with Crippen LogP contribution < -0.4 is 10.6 Å². The number of nitrogens with two attached hydrogens (primary N) is 1. The second kappa shape index (κ2) is 6.67. The minimum absolute atomic E-state index is 0.160. The molecule has 19 heavy (non-hydrogen) atoms. The zero-order valence-corrected chi connectivity index (χ0v) is 10.6. The summed E-state index contributed by atoms with van der Waals surface area (Å²) in [5.41, 5.74) is 4.63. The normalized spacial score (nSPS) is 10.2. The van der Waals surface area contributed by atoms with Crippen LogP contribution in [0.5, 0.6) is 0 Å². The number of halogens is 1. The summed E-state index contributed by atoms with van der Waals surface area (Å²) < 4.78 is 14.0. The van der Waals surface area contributed by atoms with Crippen LogP contribution in [0.15, 0.2) is 12.3 Å². The Morgan fingerprint density at radius 3 is 2.74 bits per heavy atom. The van der Waals surface area contributed by atoms with Crippen LogP contribution in [0.4, 0.5) is 10.2 Å². The number of anilines is 1. The van der Waals surface area contributed by atoms with Crippen LogP contribution in [0.25, 0.3) is 0 Å². The van der Waals surface area contributed by atoms with Gasteiger partial charge in [-0.3, -0.25) is 4.79 Å². The van der Waals surface area contributed by atoms with E-state index in [-0.39, 0.29) is 12.4 Å². The summed E-state index contributed by atoms with van der Waals surface area (Å²) in [6.07, 6.45) is 2.75. The maximum absolute atomic E-state index is 14.0. The molecule has 0 radical (unpaired) electrons. The molecular weight excluding hydrogens is 253 g/mol. The van der Waals surface area contributed by atoms with Crippen molar-refractivity contribution < 1.29 is 19.1 Å². The number of unbranched alkanes of at least 4 members (excludes halogenated alkanes) is 1. The van der Waals surface area contributed by atoms with E-state index in [4.69, 9.17) is 10.8 Å². The summed E-state index contributed by atoms with van der Waals surface area (Å²) in [5, 5.41) is 8.85.